The predicted octanol–water partition coefficient (Wildman–Crippen LogP) is 2.39. The Hall–Kier alpha value is -1.42. The second kappa shape index (κ2) is 5.77. The number of pyridine rings is 1. The fourth-order valence-corrected chi connectivity index (χ4v) is 1.87. The summed E-state index contributed by atoms with van der Waals surface area (Å²) >= 11 is 0. The summed E-state index contributed by atoms with van der Waals surface area (Å²) in [6, 6.07) is 3.86. The van der Waals surface area contributed by atoms with Crippen LogP contribution in [0.2, 0.25) is 0 Å². The summed E-state index contributed by atoms with van der Waals surface area (Å²) in [5.41, 5.74) is 0.834. The molecule has 1 rings (SSSR count). The smallest absolute Gasteiger partial charge is 0.151 e. The first-order valence-corrected chi connectivity index (χ1v) is 5.95. The molecule has 94 valence electrons. The molecule has 0 aliphatic heterocycles. The number of nitrogens with zero attached hydrogens (tertiary/aromatic N) is 3. The highest BCUT2D eigenvalue weighted by Gasteiger charge is 2.25. The molecular formula is C13H22N4. The SMILES string of the molecule is CCCC(C)(C)N(N)c1ncccc1/C=N\C. The molecule has 0 atom stereocenters. The van der Waals surface area contributed by atoms with Crippen molar-refractivity contribution in [2.75, 3.05) is 12.1 Å². The maximum Gasteiger partial charge on any atom is 0.151 e. The molecule has 1 aromatic rings. The van der Waals surface area contributed by atoms with Crippen LogP contribution in [0, 0.1) is 0 Å². The van der Waals surface area contributed by atoms with Gasteiger partial charge in [0.15, 0.2) is 5.82 Å². The molecule has 1 aromatic heterocycles. The summed E-state index contributed by atoms with van der Waals surface area (Å²) in [6.07, 6.45) is 5.64. The number of hydrogen-bond donors (Lipinski definition) is 1. The van der Waals surface area contributed by atoms with Gasteiger partial charge in [0, 0.05) is 25.0 Å². The van der Waals surface area contributed by atoms with Gasteiger partial charge < -0.3 is 0 Å². The van der Waals surface area contributed by atoms with E-state index in [1.54, 1.807) is 24.5 Å². The summed E-state index contributed by atoms with van der Waals surface area (Å²) in [5, 5.41) is 1.74. The molecule has 0 radical (unpaired) electrons. The Morgan fingerprint density at radius 2 is 2.24 bits per heavy atom. The van der Waals surface area contributed by atoms with Crippen LogP contribution >= 0.6 is 0 Å². The molecule has 0 saturated carbocycles. The average Bonchev–Trinajstić information content (AvgIpc) is 2.29. The van der Waals surface area contributed by atoms with Crippen molar-refractivity contribution < 1.29 is 0 Å². The van der Waals surface area contributed by atoms with E-state index in [4.69, 9.17) is 5.84 Å². The number of rotatable bonds is 5. The minimum absolute atomic E-state index is 0.112. The summed E-state index contributed by atoms with van der Waals surface area (Å²) in [6.45, 7) is 6.40. The van der Waals surface area contributed by atoms with Gasteiger partial charge in [-0.25, -0.2) is 10.8 Å². The van der Waals surface area contributed by atoms with Gasteiger partial charge in [-0.3, -0.25) is 10.0 Å². The summed E-state index contributed by atoms with van der Waals surface area (Å²) in [4.78, 5) is 8.39. The molecule has 17 heavy (non-hydrogen) atoms. The lowest BCUT2D eigenvalue weighted by Gasteiger charge is -2.36. The summed E-state index contributed by atoms with van der Waals surface area (Å²) in [5.74, 6) is 6.97. The van der Waals surface area contributed by atoms with Gasteiger partial charge in [-0.2, -0.15) is 0 Å². The van der Waals surface area contributed by atoms with Crippen LogP contribution in [-0.4, -0.2) is 23.8 Å². The zero-order chi connectivity index (χ0) is 12.9. The Balaban J connectivity index is 3.07. The zero-order valence-corrected chi connectivity index (χ0v) is 11.1. The van der Waals surface area contributed by atoms with Crippen molar-refractivity contribution in [2.45, 2.75) is 39.2 Å². The van der Waals surface area contributed by atoms with Crippen molar-refractivity contribution in [3.63, 3.8) is 0 Å². The molecule has 2 N–H and O–H groups in total. The normalized spacial score (nSPS) is 12.1. The Morgan fingerprint density at radius 3 is 2.82 bits per heavy atom. The Bertz CT molecular complexity index is 385. The lowest BCUT2D eigenvalue weighted by atomic mass is 9.97. The summed E-state index contributed by atoms with van der Waals surface area (Å²) < 4.78 is 0. The van der Waals surface area contributed by atoms with Gasteiger partial charge in [-0.05, 0) is 32.4 Å². The van der Waals surface area contributed by atoms with Crippen molar-refractivity contribution in [3.8, 4) is 0 Å². The van der Waals surface area contributed by atoms with Gasteiger partial charge in [0.1, 0.15) is 0 Å². The molecule has 0 aliphatic rings. The first-order chi connectivity index (χ1) is 8.03. The highest BCUT2D eigenvalue weighted by atomic mass is 15.5. The second-order valence-electron chi connectivity index (χ2n) is 4.74. The van der Waals surface area contributed by atoms with Gasteiger partial charge in [-0.15, -0.1) is 0 Å². The topological polar surface area (TPSA) is 54.5 Å². The lowest BCUT2D eigenvalue weighted by molar-refractivity contribution is 0.424. The van der Waals surface area contributed by atoms with Crippen molar-refractivity contribution in [1.82, 2.24) is 4.98 Å². The molecule has 0 fully saturated rings. The third-order valence-corrected chi connectivity index (χ3v) is 2.83. The van der Waals surface area contributed by atoms with Gasteiger partial charge in [0.05, 0.1) is 5.54 Å². The van der Waals surface area contributed by atoms with Crippen LogP contribution in [0.15, 0.2) is 23.3 Å². The van der Waals surface area contributed by atoms with Crippen LogP contribution in [-0.2, 0) is 0 Å². The number of nitrogens with two attached hydrogens (primary N) is 1. The largest absolute Gasteiger partial charge is 0.296 e. The molecule has 0 aromatic carbocycles. The molecule has 0 spiro atoms. The van der Waals surface area contributed by atoms with E-state index in [1.807, 2.05) is 12.1 Å². The van der Waals surface area contributed by atoms with E-state index in [9.17, 15) is 0 Å². The summed E-state index contributed by atoms with van der Waals surface area (Å²) in [7, 11) is 1.74. The van der Waals surface area contributed by atoms with Crippen LogP contribution in [0.1, 0.15) is 39.2 Å². The fourth-order valence-electron chi connectivity index (χ4n) is 1.87. The molecule has 0 aliphatic carbocycles. The number of hydrogen-bond acceptors (Lipinski definition) is 4. The maximum absolute atomic E-state index is 6.20. The van der Waals surface area contributed by atoms with E-state index in [-0.39, 0.29) is 5.54 Å². The van der Waals surface area contributed by atoms with Gasteiger partial charge in [-0.1, -0.05) is 13.3 Å². The van der Waals surface area contributed by atoms with Crippen LogP contribution < -0.4 is 10.9 Å². The van der Waals surface area contributed by atoms with Crippen LogP contribution in [0.4, 0.5) is 5.82 Å². The van der Waals surface area contributed by atoms with Crippen molar-refractivity contribution >= 4 is 12.0 Å². The monoisotopic (exact) mass is 234 g/mol. The van der Waals surface area contributed by atoms with Crippen molar-refractivity contribution in [1.29, 1.82) is 0 Å². The Morgan fingerprint density at radius 1 is 1.53 bits per heavy atom. The van der Waals surface area contributed by atoms with E-state index in [2.05, 4.69) is 30.7 Å². The minimum atomic E-state index is -0.112. The van der Waals surface area contributed by atoms with Crippen LogP contribution in [0.25, 0.3) is 0 Å². The molecule has 0 amide bonds. The molecule has 0 saturated heterocycles. The van der Waals surface area contributed by atoms with Gasteiger partial charge >= 0.3 is 0 Å². The van der Waals surface area contributed by atoms with E-state index in [0.29, 0.717) is 0 Å². The number of anilines is 1. The predicted molar refractivity (Wildman–Crippen MR) is 73.4 cm³/mol. The van der Waals surface area contributed by atoms with E-state index in [1.165, 1.54) is 0 Å². The fraction of sp³-hybridized carbons (Fsp3) is 0.538. The zero-order valence-electron chi connectivity index (χ0n) is 11.1. The quantitative estimate of drug-likeness (QED) is 0.483. The van der Waals surface area contributed by atoms with Gasteiger partial charge in [0.2, 0.25) is 0 Å². The molecular weight excluding hydrogens is 212 g/mol. The molecule has 4 heteroatoms. The van der Waals surface area contributed by atoms with Crippen LogP contribution in [0.3, 0.4) is 0 Å². The first-order valence-electron chi connectivity index (χ1n) is 5.95. The molecule has 1 heterocycles. The first kappa shape index (κ1) is 13.6. The molecule has 0 bridgehead atoms. The molecule has 0 unspecified atom stereocenters. The van der Waals surface area contributed by atoms with E-state index in [0.717, 1.165) is 24.2 Å². The highest BCUT2D eigenvalue weighted by Crippen LogP contribution is 2.24. The number of hydrazine groups is 1. The van der Waals surface area contributed by atoms with E-state index >= 15 is 0 Å². The van der Waals surface area contributed by atoms with Gasteiger partial charge in [0.25, 0.3) is 0 Å². The average molecular weight is 234 g/mol. The lowest BCUT2D eigenvalue weighted by Crippen LogP contribution is -2.50. The minimum Gasteiger partial charge on any atom is -0.296 e. The third kappa shape index (κ3) is 3.27. The van der Waals surface area contributed by atoms with Crippen molar-refractivity contribution in [2.24, 2.45) is 10.8 Å². The van der Waals surface area contributed by atoms with E-state index < -0.39 is 0 Å². The Kier molecular flexibility index (Phi) is 4.63. The van der Waals surface area contributed by atoms with Crippen LogP contribution in [0.5, 0.6) is 0 Å². The third-order valence-electron chi connectivity index (χ3n) is 2.83. The Labute approximate surface area is 104 Å². The standard InChI is InChI=1S/C13H22N4/c1-5-8-13(2,3)17(14)12-11(10-15-4)7-6-9-16-12/h6-7,9-10H,5,8,14H2,1-4H3/b15-10-. The number of aliphatic imine (C=N–C) groups is 1. The van der Waals surface area contributed by atoms with Crippen molar-refractivity contribution in [3.05, 3.63) is 23.9 Å². The number of aromatic nitrogens is 1. The maximum atomic E-state index is 6.20. The molecule has 4 nitrogen and oxygen atoms in total. The second-order valence-corrected chi connectivity index (χ2v) is 4.74. The highest BCUT2D eigenvalue weighted by molar-refractivity contribution is 5.86.